The number of hydrogen-bond donors (Lipinski definition) is 1. The van der Waals surface area contributed by atoms with Crippen molar-refractivity contribution in [1.29, 1.82) is 0 Å². The number of anilines is 1. The van der Waals surface area contributed by atoms with Crippen LogP contribution in [0.1, 0.15) is 50.7 Å². The second-order valence-corrected chi connectivity index (χ2v) is 4.37. The predicted molar refractivity (Wildman–Crippen MR) is 68.7 cm³/mol. The smallest absolute Gasteiger partial charge is 0.0379 e. The molecule has 0 aromatic heterocycles. The van der Waals surface area contributed by atoms with Gasteiger partial charge in [0.05, 0.1) is 0 Å². The minimum absolute atomic E-state index is 0.686. The fourth-order valence-electron chi connectivity index (χ4n) is 1.63. The molecule has 1 heterocycles. The summed E-state index contributed by atoms with van der Waals surface area (Å²) in [4.78, 5) is 0. The summed E-state index contributed by atoms with van der Waals surface area (Å²) in [5.41, 5.74) is 4.14. The quantitative estimate of drug-likeness (QED) is 0.719. The average Bonchev–Trinajstić information content (AvgIpc) is 2.60. The third kappa shape index (κ3) is 3.26. The molecule has 1 nitrogen and oxygen atoms in total. The van der Waals surface area contributed by atoms with Gasteiger partial charge >= 0.3 is 0 Å². The lowest BCUT2D eigenvalue weighted by molar-refractivity contribution is 0.854. The minimum Gasteiger partial charge on any atom is -0.384 e. The number of hydrogen-bond acceptors (Lipinski definition) is 1. The molecule has 15 heavy (non-hydrogen) atoms. The molecule has 1 aromatic rings. The summed E-state index contributed by atoms with van der Waals surface area (Å²) in [6.45, 7) is 9.85. The van der Waals surface area contributed by atoms with Crippen LogP contribution in [0.4, 0.5) is 5.69 Å². The topological polar surface area (TPSA) is 12.0 Å². The third-order valence-electron chi connectivity index (χ3n) is 2.84. The van der Waals surface area contributed by atoms with Crippen molar-refractivity contribution in [2.45, 2.75) is 46.5 Å². The van der Waals surface area contributed by atoms with Crippen LogP contribution in [0, 0.1) is 6.92 Å². The molecule has 84 valence electrons. The van der Waals surface area contributed by atoms with Crippen molar-refractivity contribution < 1.29 is 0 Å². The van der Waals surface area contributed by atoms with E-state index in [0.29, 0.717) is 5.92 Å². The van der Waals surface area contributed by atoms with Crippen LogP contribution in [-0.4, -0.2) is 6.54 Å². The molecule has 0 amide bonds. The summed E-state index contributed by atoms with van der Waals surface area (Å²) in [6, 6.07) is 6.64. The summed E-state index contributed by atoms with van der Waals surface area (Å²) in [5, 5.41) is 3.39. The Morgan fingerprint density at radius 1 is 1.27 bits per heavy atom. The molecular weight excluding hydrogens is 182 g/mol. The average molecular weight is 205 g/mol. The van der Waals surface area contributed by atoms with E-state index in [4.69, 9.17) is 0 Å². The van der Waals surface area contributed by atoms with Crippen LogP contribution < -0.4 is 5.32 Å². The number of nitrogens with one attached hydrogen (secondary N) is 1. The molecule has 0 saturated heterocycles. The van der Waals surface area contributed by atoms with Crippen LogP contribution in [0.25, 0.3) is 0 Å². The standard InChI is InChI=1S/C10H13N.C4H10/c1-7-3-4-9-8(2)6-11-10(9)5-7;1-3-4-2/h3-5,8,11H,6H2,1-2H3;3-4H2,1-2H3. The second-order valence-electron chi connectivity index (χ2n) is 4.37. The van der Waals surface area contributed by atoms with Crippen molar-refractivity contribution in [1.82, 2.24) is 0 Å². The summed E-state index contributed by atoms with van der Waals surface area (Å²) >= 11 is 0. The van der Waals surface area contributed by atoms with Gasteiger partial charge in [-0.3, -0.25) is 0 Å². The predicted octanol–water partition coefficient (Wildman–Crippen LogP) is 4.33. The van der Waals surface area contributed by atoms with Crippen LogP contribution in [0.3, 0.4) is 0 Å². The maximum absolute atomic E-state index is 3.39. The molecule has 0 spiro atoms. The van der Waals surface area contributed by atoms with Gasteiger partial charge in [0, 0.05) is 18.2 Å². The first-order chi connectivity index (χ1) is 7.19. The van der Waals surface area contributed by atoms with Crippen LogP contribution in [-0.2, 0) is 0 Å². The van der Waals surface area contributed by atoms with Gasteiger partial charge in [0.2, 0.25) is 0 Å². The number of fused-ring (bicyclic) bond motifs is 1. The molecule has 1 unspecified atom stereocenters. The Bertz CT molecular complexity index is 302. The van der Waals surface area contributed by atoms with Crippen molar-refractivity contribution in [2.24, 2.45) is 0 Å². The van der Waals surface area contributed by atoms with Crippen LogP contribution in [0.5, 0.6) is 0 Å². The second kappa shape index (κ2) is 5.79. The van der Waals surface area contributed by atoms with E-state index >= 15 is 0 Å². The third-order valence-corrected chi connectivity index (χ3v) is 2.84. The van der Waals surface area contributed by atoms with Crippen LogP contribution in [0.15, 0.2) is 18.2 Å². The molecule has 1 aliphatic heterocycles. The number of rotatable bonds is 1. The lowest BCUT2D eigenvalue weighted by Crippen LogP contribution is -1.95. The van der Waals surface area contributed by atoms with Gasteiger partial charge in [-0.15, -0.1) is 0 Å². The van der Waals surface area contributed by atoms with Gasteiger partial charge in [0.15, 0.2) is 0 Å². The zero-order valence-electron chi connectivity index (χ0n) is 10.4. The molecule has 2 rings (SSSR count). The van der Waals surface area contributed by atoms with Crippen molar-refractivity contribution in [2.75, 3.05) is 11.9 Å². The molecule has 0 aliphatic carbocycles. The molecule has 0 bridgehead atoms. The van der Waals surface area contributed by atoms with E-state index in [2.05, 4.69) is 51.2 Å². The first-order valence-electron chi connectivity index (χ1n) is 6.03. The first-order valence-corrected chi connectivity index (χ1v) is 6.03. The molecular formula is C14H23N. The molecule has 0 radical (unpaired) electrons. The van der Waals surface area contributed by atoms with Gasteiger partial charge in [-0.2, -0.15) is 0 Å². The van der Waals surface area contributed by atoms with Gasteiger partial charge in [-0.1, -0.05) is 45.7 Å². The lowest BCUT2D eigenvalue weighted by Gasteiger charge is -2.01. The molecule has 0 fully saturated rings. The highest BCUT2D eigenvalue weighted by atomic mass is 14.9. The molecule has 1 aromatic carbocycles. The molecule has 1 heteroatoms. The zero-order chi connectivity index (χ0) is 11.3. The maximum Gasteiger partial charge on any atom is 0.0379 e. The fraction of sp³-hybridized carbons (Fsp3) is 0.571. The lowest BCUT2D eigenvalue weighted by atomic mass is 10.0. The SMILES string of the molecule is CCCC.Cc1ccc2c(c1)NCC2C. The van der Waals surface area contributed by atoms with E-state index < -0.39 is 0 Å². The molecule has 1 atom stereocenters. The summed E-state index contributed by atoms with van der Waals surface area (Å²) < 4.78 is 0. The van der Waals surface area contributed by atoms with E-state index in [9.17, 15) is 0 Å². The van der Waals surface area contributed by atoms with E-state index in [1.54, 1.807) is 0 Å². The van der Waals surface area contributed by atoms with Crippen molar-refractivity contribution in [3.63, 3.8) is 0 Å². The zero-order valence-corrected chi connectivity index (χ0v) is 10.4. The van der Waals surface area contributed by atoms with E-state index in [0.717, 1.165) is 6.54 Å². The largest absolute Gasteiger partial charge is 0.384 e. The fourth-order valence-corrected chi connectivity index (χ4v) is 1.63. The Morgan fingerprint density at radius 3 is 2.53 bits per heavy atom. The van der Waals surface area contributed by atoms with Crippen molar-refractivity contribution in [3.05, 3.63) is 29.3 Å². The van der Waals surface area contributed by atoms with Gasteiger partial charge in [0.1, 0.15) is 0 Å². The number of aryl methyl sites for hydroxylation is 1. The summed E-state index contributed by atoms with van der Waals surface area (Å²) in [5.74, 6) is 0.686. The van der Waals surface area contributed by atoms with E-state index in [1.807, 2.05) is 0 Å². The Hall–Kier alpha value is -0.980. The highest BCUT2D eigenvalue weighted by molar-refractivity contribution is 5.58. The molecule has 1 N–H and O–H groups in total. The normalized spacial score (nSPS) is 17.5. The Morgan fingerprint density at radius 2 is 1.93 bits per heavy atom. The monoisotopic (exact) mass is 205 g/mol. The highest BCUT2D eigenvalue weighted by Gasteiger charge is 2.16. The van der Waals surface area contributed by atoms with Gasteiger partial charge in [0.25, 0.3) is 0 Å². The van der Waals surface area contributed by atoms with Gasteiger partial charge in [-0.05, 0) is 24.1 Å². The minimum atomic E-state index is 0.686. The van der Waals surface area contributed by atoms with Gasteiger partial charge in [-0.25, -0.2) is 0 Å². The number of benzene rings is 1. The molecule has 0 saturated carbocycles. The van der Waals surface area contributed by atoms with Crippen molar-refractivity contribution in [3.8, 4) is 0 Å². The maximum atomic E-state index is 3.39. The van der Waals surface area contributed by atoms with Crippen molar-refractivity contribution >= 4 is 5.69 Å². The molecule has 1 aliphatic rings. The summed E-state index contributed by atoms with van der Waals surface area (Å²) in [7, 11) is 0. The Labute approximate surface area is 93.9 Å². The Kier molecular flexibility index (Phi) is 4.67. The van der Waals surface area contributed by atoms with Crippen LogP contribution >= 0.6 is 0 Å². The highest BCUT2D eigenvalue weighted by Crippen LogP contribution is 2.31. The van der Waals surface area contributed by atoms with E-state index in [-0.39, 0.29) is 0 Å². The Balaban J connectivity index is 0.000000245. The van der Waals surface area contributed by atoms with Gasteiger partial charge < -0.3 is 5.32 Å². The summed E-state index contributed by atoms with van der Waals surface area (Å²) in [6.07, 6.45) is 2.64. The van der Waals surface area contributed by atoms with Crippen LogP contribution in [0.2, 0.25) is 0 Å². The first kappa shape index (κ1) is 12.1. The van der Waals surface area contributed by atoms with E-state index in [1.165, 1.54) is 29.7 Å². The number of unbranched alkanes of at least 4 members (excludes halogenated alkanes) is 1.